The van der Waals surface area contributed by atoms with Crippen molar-refractivity contribution in [3.8, 4) is 11.8 Å². The maximum Gasteiger partial charge on any atom is 0.251 e. The Morgan fingerprint density at radius 1 is 1.35 bits per heavy atom. The minimum Gasteiger partial charge on any atom is -0.484 e. The molecule has 0 saturated carbocycles. The molecule has 0 bridgehead atoms. The average molecular weight is 328 g/mol. The van der Waals surface area contributed by atoms with Crippen molar-refractivity contribution in [2.45, 2.75) is 31.6 Å². The van der Waals surface area contributed by atoms with Crippen molar-refractivity contribution in [1.29, 1.82) is 5.26 Å². The van der Waals surface area contributed by atoms with Crippen LogP contribution in [-0.4, -0.2) is 22.7 Å². The summed E-state index contributed by atoms with van der Waals surface area (Å²) in [6, 6.07) is 9.71. The highest BCUT2D eigenvalue weighted by molar-refractivity contribution is 7.10. The molecule has 0 radical (unpaired) electrons. The van der Waals surface area contributed by atoms with Crippen LogP contribution < -0.4 is 10.1 Å². The molecule has 0 saturated heterocycles. The smallest absolute Gasteiger partial charge is 0.251 e. The number of hydrogen-bond donors (Lipinski definition) is 2. The minimum atomic E-state index is -0.865. The predicted molar refractivity (Wildman–Crippen MR) is 86.4 cm³/mol. The number of hydrogen-bond acceptors (Lipinski definition) is 5. The van der Waals surface area contributed by atoms with E-state index in [4.69, 9.17) is 10.00 Å². The second-order valence-electron chi connectivity index (χ2n) is 5.94. The van der Waals surface area contributed by atoms with E-state index in [1.54, 1.807) is 38.1 Å². The van der Waals surface area contributed by atoms with E-state index in [2.05, 4.69) is 5.32 Å². The Labute approximate surface area is 138 Å². The number of nitriles is 1. The number of aliphatic hydroxyl groups is 1. The number of fused-ring (bicyclic) bond motifs is 1. The van der Waals surface area contributed by atoms with E-state index < -0.39 is 17.7 Å². The van der Waals surface area contributed by atoms with Gasteiger partial charge in [-0.3, -0.25) is 4.79 Å². The number of rotatable bonds is 2. The van der Waals surface area contributed by atoms with Gasteiger partial charge in [0.2, 0.25) is 0 Å². The second kappa shape index (κ2) is 5.69. The lowest BCUT2D eigenvalue weighted by molar-refractivity contribution is -0.0611. The van der Waals surface area contributed by atoms with Crippen LogP contribution in [0, 0.1) is 11.3 Å². The number of amides is 1. The Hall–Kier alpha value is -2.36. The van der Waals surface area contributed by atoms with E-state index >= 15 is 0 Å². The second-order valence-corrected chi connectivity index (χ2v) is 6.89. The Morgan fingerprint density at radius 2 is 2.04 bits per heavy atom. The zero-order chi connectivity index (χ0) is 16.6. The van der Waals surface area contributed by atoms with Crippen molar-refractivity contribution in [2.75, 3.05) is 0 Å². The van der Waals surface area contributed by atoms with Gasteiger partial charge in [-0.15, -0.1) is 11.3 Å². The lowest BCUT2D eigenvalue weighted by Crippen LogP contribution is -2.53. The van der Waals surface area contributed by atoms with Crippen LogP contribution in [0.2, 0.25) is 0 Å². The number of thiophene rings is 1. The van der Waals surface area contributed by atoms with Crippen LogP contribution in [0.4, 0.5) is 0 Å². The molecule has 0 spiro atoms. The van der Waals surface area contributed by atoms with Crippen LogP contribution in [0.5, 0.6) is 5.75 Å². The van der Waals surface area contributed by atoms with Crippen molar-refractivity contribution in [3.63, 3.8) is 0 Å². The molecule has 1 aromatic carbocycles. The largest absolute Gasteiger partial charge is 0.484 e. The van der Waals surface area contributed by atoms with E-state index in [-0.39, 0.29) is 5.91 Å². The molecule has 118 valence electrons. The molecule has 1 aliphatic heterocycles. The zero-order valence-corrected chi connectivity index (χ0v) is 13.6. The Kier molecular flexibility index (Phi) is 3.84. The van der Waals surface area contributed by atoms with Gasteiger partial charge in [-0.25, -0.2) is 0 Å². The summed E-state index contributed by atoms with van der Waals surface area (Å²) in [6.45, 7) is 3.58. The number of aliphatic hydroxyl groups excluding tert-OH is 1. The predicted octanol–water partition coefficient (Wildman–Crippen LogP) is 2.62. The summed E-state index contributed by atoms with van der Waals surface area (Å²) in [5.41, 5.74) is 0.143. The number of nitrogens with one attached hydrogen (secondary N) is 1. The monoisotopic (exact) mass is 328 g/mol. The molecule has 6 heteroatoms. The molecule has 2 aromatic rings. The Morgan fingerprint density at radius 3 is 2.70 bits per heavy atom. The summed E-state index contributed by atoms with van der Waals surface area (Å²) < 4.78 is 5.79. The highest BCUT2D eigenvalue weighted by atomic mass is 32.1. The van der Waals surface area contributed by atoms with E-state index in [1.807, 2.05) is 17.5 Å². The fourth-order valence-electron chi connectivity index (χ4n) is 2.57. The molecular formula is C17H16N2O3S. The number of carbonyl (C=O) groups is 1. The molecule has 0 fully saturated rings. The number of nitrogens with zero attached hydrogens (tertiary/aromatic N) is 1. The topological polar surface area (TPSA) is 82.3 Å². The van der Waals surface area contributed by atoms with Crippen molar-refractivity contribution in [2.24, 2.45) is 0 Å². The fourth-order valence-corrected chi connectivity index (χ4v) is 3.47. The summed E-state index contributed by atoms with van der Waals surface area (Å²) in [7, 11) is 0. The number of carbonyl (C=O) groups excluding carboxylic acids is 1. The van der Waals surface area contributed by atoms with E-state index in [0.717, 1.165) is 4.88 Å². The minimum absolute atomic E-state index is 0.296. The van der Waals surface area contributed by atoms with Crippen LogP contribution in [0.3, 0.4) is 0 Å². The third-order valence-electron chi connectivity index (χ3n) is 3.90. The lowest BCUT2D eigenvalue weighted by atomic mass is 9.90. The zero-order valence-electron chi connectivity index (χ0n) is 12.7. The van der Waals surface area contributed by atoms with Crippen LogP contribution in [0.15, 0.2) is 35.7 Å². The molecule has 2 heterocycles. The molecule has 2 unspecified atom stereocenters. The first-order valence-electron chi connectivity index (χ1n) is 7.18. The standard InChI is InChI=1S/C17H16N2O3S/c1-17(2)15(20)13(14-12(22-17)7-8-23-14)19-16(21)11-5-3-10(9-18)4-6-11/h3-8,13,15,20H,1-2H3,(H,19,21). The highest BCUT2D eigenvalue weighted by Gasteiger charge is 2.44. The maximum absolute atomic E-state index is 12.5. The van der Waals surface area contributed by atoms with Gasteiger partial charge in [0.05, 0.1) is 22.6 Å². The summed E-state index contributed by atoms with van der Waals surface area (Å²) in [6.07, 6.45) is -0.865. The SMILES string of the molecule is CC1(C)Oc2ccsc2C(NC(=O)c2ccc(C#N)cc2)C1O. The molecule has 2 N–H and O–H groups in total. The fraction of sp³-hybridized carbons (Fsp3) is 0.294. The van der Waals surface area contributed by atoms with E-state index in [0.29, 0.717) is 16.9 Å². The van der Waals surface area contributed by atoms with Gasteiger partial charge in [-0.05, 0) is 49.6 Å². The Balaban J connectivity index is 1.86. The van der Waals surface area contributed by atoms with Gasteiger partial charge in [0.15, 0.2) is 0 Å². The van der Waals surface area contributed by atoms with Crippen molar-refractivity contribution in [3.05, 3.63) is 51.7 Å². The summed E-state index contributed by atoms with van der Waals surface area (Å²) in [5.74, 6) is 0.394. The quantitative estimate of drug-likeness (QED) is 0.888. The normalized spacial score (nSPS) is 21.7. The first-order chi connectivity index (χ1) is 10.9. The van der Waals surface area contributed by atoms with Gasteiger partial charge in [-0.1, -0.05) is 0 Å². The van der Waals surface area contributed by atoms with E-state index in [1.165, 1.54) is 11.3 Å². The number of benzene rings is 1. The maximum atomic E-state index is 12.5. The van der Waals surface area contributed by atoms with Crippen molar-refractivity contribution >= 4 is 17.2 Å². The third-order valence-corrected chi connectivity index (χ3v) is 4.88. The third kappa shape index (κ3) is 2.81. The summed E-state index contributed by atoms with van der Waals surface area (Å²) in [5, 5.41) is 24.1. The van der Waals surface area contributed by atoms with Gasteiger partial charge in [0.25, 0.3) is 5.91 Å². The average Bonchev–Trinajstić information content (AvgIpc) is 2.98. The highest BCUT2D eigenvalue weighted by Crippen LogP contribution is 2.42. The van der Waals surface area contributed by atoms with Gasteiger partial charge in [0.1, 0.15) is 17.5 Å². The molecule has 23 heavy (non-hydrogen) atoms. The van der Waals surface area contributed by atoms with Crippen LogP contribution in [0.1, 0.15) is 40.7 Å². The van der Waals surface area contributed by atoms with Crippen LogP contribution in [0.25, 0.3) is 0 Å². The summed E-state index contributed by atoms with van der Waals surface area (Å²) in [4.78, 5) is 13.3. The van der Waals surface area contributed by atoms with Crippen molar-refractivity contribution < 1.29 is 14.6 Å². The molecule has 0 aliphatic carbocycles. The first kappa shape index (κ1) is 15.5. The van der Waals surface area contributed by atoms with E-state index in [9.17, 15) is 9.90 Å². The Bertz CT molecular complexity index is 774. The molecule has 1 aromatic heterocycles. The summed E-state index contributed by atoms with van der Waals surface area (Å²) >= 11 is 1.44. The molecule has 3 rings (SSSR count). The van der Waals surface area contributed by atoms with Gasteiger partial charge in [-0.2, -0.15) is 5.26 Å². The van der Waals surface area contributed by atoms with Gasteiger partial charge in [0, 0.05) is 5.56 Å². The molecule has 1 aliphatic rings. The van der Waals surface area contributed by atoms with Crippen molar-refractivity contribution in [1.82, 2.24) is 5.32 Å². The van der Waals surface area contributed by atoms with Crippen LogP contribution in [-0.2, 0) is 0 Å². The lowest BCUT2D eigenvalue weighted by Gasteiger charge is -2.40. The molecule has 1 amide bonds. The first-order valence-corrected chi connectivity index (χ1v) is 8.06. The van der Waals surface area contributed by atoms with Gasteiger partial charge < -0.3 is 15.2 Å². The van der Waals surface area contributed by atoms with Crippen LogP contribution >= 0.6 is 11.3 Å². The molecule has 5 nitrogen and oxygen atoms in total. The number of ether oxygens (including phenoxy) is 1. The molecule has 2 atom stereocenters. The molecular weight excluding hydrogens is 312 g/mol. The van der Waals surface area contributed by atoms with Gasteiger partial charge >= 0.3 is 0 Å².